The molecule has 1 aliphatic heterocycles. The molecule has 0 spiro atoms. The molecule has 0 aliphatic carbocycles. The lowest BCUT2D eigenvalue weighted by molar-refractivity contribution is 0.226. The van der Waals surface area contributed by atoms with E-state index < -0.39 is 0 Å². The van der Waals surface area contributed by atoms with Crippen LogP contribution in [0.1, 0.15) is 17.0 Å². The summed E-state index contributed by atoms with van der Waals surface area (Å²) >= 11 is 0. The number of aromatic nitrogens is 2. The summed E-state index contributed by atoms with van der Waals surface area (Å²) in [5, 5.41) is 3.39. The Morgan fingerprint density at radius 1 is 1.21 bits per heavy atom. The van der Waals surface area contributed by atoms with Crippen molar-refractivity contribution in [2.75, 3.05) is 26.2 Å². The van der Waals surface area contributed by atoms with Crippen LogP contribution in [0.2, 0.25) is 0 Å². The van der Waals surface area contributed by atoms with Gasteiger partial charge in [0.15, 0.2) is 0 Å². The first kappa shape index (κ1) is 12.6. The predicted molar refractivity (Wildman–Crippen MR) is 78.3 cm³/mol. The zero-order valence-electron chi connectivity index (χ0n) is 12.0. The maximum absolute atomic E-state index is 4.83. The van der Waals surface area contributed by atoms with Gasteiger partial charge < -0.3 is 9.88 Å². The molecule has 2 heterocycles. The lowest BCUT2D eigenvalue weighted by atomic mass is 10.1. The van der Waals surface area contributed by atoms with Gasteiger partial charge in [-0.15, -0.1) is 0 Å². The monoisotopic (exact) mass is 258 g/mol. The number of benzene rings is 1. The van der Waals surface area contributed by atoms with E-state index in [4.69, 9.17) is 4.98 Å². The zero-order valence-corrected chi connectivity index (χ0v) is 12.0. The van der Waals surface area contributed by atoms with E-state index >= 15 is 0 Å². The fraction of sp³-hybridized carbons (Fsp3) is 0.533. The number of rotatable bonds is 2. The Morgan fingerprint density at radius 2 is 1.95 bits per heavy atom. The minimum atomic E-state index is 0.950. The molecular weight excluding hydrogens is 236 g/mol. The van der Waals surface area contributed by atoms with Crippen molar-refractivity contribution in [1.82, 2.24) is 19.8 Å². The Balaban J connectivity index is 1.95. The number of aryl methyl sites for hydroxylation is 3. The molecule has 1 aliphatic rings. The number of nitrogens with zero attached hydrogens (tertiary/aromatic N) is 3. The lowest BCUT2D eigenvalue weighted by Crippen LogP contribution is -2.43. The second kappa shape index (κ2) is 4.94. The van der Waals surface area contributed by atoms with E-state index in [2.05, 4.69) is 47.8 Å². The Kier molecular flexibility index (Phi) is 3.29. The smallest absolute Gasteiger partial charge is 0.123 e. The summed E-state index contributed by atoms with van der Waals surface area (Å²) in [6, 6.07) is 4.42. The van der Waals surface area contributed by atoms with Gasteiger partial charge in [-0.3, -0.25) is 4.90 Å². The second-order valence-corrected chi connectivity index (χ2v) is 5.56. The number of nitrogens with one attached hydrogen (secondary N) is 1. The maximum atomic E-state index is 4.83. The molecule has 1 aromatic carbocycles. The third kappa shape index (κ3) is 2.38. The normalized spacial score (nSPS) is 17.2. The molecule has 2 aromatic rings. The summed E-state index contributed by atoms with van der Waals surface area (Å²) in [7, 11) is 2.13. The van der Waals surface area contributed by atoms with Crippen molar-refractivity contribution in [2.24, 2.45) is 7.05 Å². The highest BCUT2D eigenvalue weighted by molar-refractivity contribution is 5.80. The molecular formula is C15H22N4. The quantitative estimate of drug-likeness (QED) is 0.888. The summed E-state index contributed by atoms with van der Waals surface area (Å²) < 4.78 is 2.26. The molecule has 3 rings (SSSR count). The molecule has 0 radical (unpaired) electrons. The van der Waals surface area contributed by atoms with Crippen molar-refractivity contribution in [3.8, 4) is 0 Å². The van der Waals surface area contributed by atoms with Crippen molar-refractivity contribution in [3.63, 3.8) is 0 Å². The SMILES string of the molecule is Cc1cc(C)c2c(c1)nc(CN1CCNCC1)n2C. The third-order valence-electron chi connectivity index (χ3n) is 3.97. The van der Waals surface area contributed by atoms with Crippen LogP contribution in [0.15, 0.2) is 12.1 Å². The standard InChI is InChI=1S/C15H22N4/c1-11-8-12(2)15-13(9-11)17-14(18(15)3)10-19-6-4-16-5-7-19/h8-9,16H,4-7,10H2,1-3H3. The molecule has 1 aromatic heterocycles. The first-order valence-corrected chi connectivity index (χ1v) is 7.01. The van der Waals surface area contributed by atoms with Crippen LogP contribution in [0.5, 0.6) is 0 Å². The van der Waals surface area contributed by atoms with Gasteiger partial charge in [0, 0.05) is 33.2 Å². The molecule has 0 atom stereocenters. The molecule has 19 heavy (non-hydrogen) atoms. The van der Waals surface area contributed by atoms with Gasteiger partial charge in [0.2, 0.25) is 0 Å². The highest BCUT2D eigenvalue weighted by Crippen LogP contribution is 2.21. The van der Waals surface area contributed by atoms with Crippen LogP contribution in [-0.4, -0.2) is 40.6 Å². The molecule has 102 valence electrons. The summed E-state index contributed by atoms with van der Waals surface area (Å²) in [5.74, 6) is 1.17. The summed E-state index contributed by atoms with van der Waals surface area (Å²) in [6.45, 7) is 9.65. The summed E-state index contributed by atoms with van der Waals surface area (Å²) in [4.78, 5) is 7.30. The van der Waals surface area contributed by atoms with E-state index in [0.29, 0.717) is 0 Å². The lowest BCUT2D eigenvalue weighted by Gasteiger charge is -2.26. The van der Waals surface area contributed by atoms with Crippen LogP contribution in [-0.2, 0) is 13.6 Å². The average molecular weight is 258 g/mol. The Hall–Kier alpha value is -1.39. The molecule has 0 saturated carbocycles. The van der Waals surface area contributed by atoms with Crippen molar-refractivity contribution >= 4 is 11.0 Å². The fourth-order valence-corrected chi connectivity index (χ4v) is 3.01. The van der Waals surface area contributed by atoms with Crippen molar-refractivity contribution in [3.05, 3.63) is 29.1 Å². The van der Waals surface area contributed by atoms with Crippen molar-refractivity contribution < 1.29 is 0 Å². The maximum Gasteiger partial charge on any atom is 0.123 e. The molecule has 1 saturated heterocycles. The first-order chi connectivity index (χ1) is 9.15. The zero-order chi connectivity index (χ0) is 13.4. The minimum absolute atomic E-state index is 0.950. The van der Waals surface area contributed by atoms with Gasteiger partial charge in [-0.05, 0) is 31.0 Å². The number of fused-ring (bicyclic) bond motifs is 1. The van der Waals surface area contributed by atoms with Gasteiger partial charge in [0.1, 0.15) is 5.82 Å². The van der Waals surface area contributed by atoms with Gasteiger partial charge in [-0.1, -0.05) is 6.07 Å². The van der Waals surface area contributed by atoms with E-state index in [1.165, 1.54) is 22.5 Å². The van der Waals surface area contributed by atoms with Gasteiger partial charge in [-0.25, -0.2) is 4.98 Å². The minimum Gasteiger partial charge on any atom is -0.330 e. The van der Waals surface area contributed by atoms with Gasteiger partial charge in [0.05, 0.1) is 17.6 Å². The van der Waals surface area contributed by atoms with Gasteiger partial charge >= 0.3 is 0 Å². The Bertz CT molecular complexity index is 594. The topological polar surface area (TPSA) is 33.1 Å². The number of piperazine rings is 1. The Morgan fingerprint density at radius 3 is 2.68 bits per heavy atom. The number of hydrogen-bond acceptors (Lipinski definition) is 3. The van der Waals surface area contributed by atoms with Crippen LogP contribution in [0.4, 0.5) is 0 Å². The van der Waals surface area contributed by atoms with E-state index in [9.17, 15) is 0 Å². The largest absolute Gasteiger partial charge is 0.330 e. The predicted octanol–water partition coefficient (Wildman–Crippen LogP) is 1.60. The van der Waals surface area contributed by atoms with Crippen molar-refractivity contribution in [2.45, 2.75) is 20.4 Å². The van der Waals surface area contributed by atoms with Gasteiger partial charge in [-0.2, -0.15) is 0 Å². The molecule has 1 fully saturated rings. The third-order valence-corrected chi connectivity index (χ3v) is 3.97. The van der Waals surface area contributed by atoms with Crippen molar-refractivity contribution in [1.29, 1.82) is 0 Å². The molecule has 4 nitrogen and oxygen atoms in total. The van der Waals surface area contributed by atoms with Crippen LogP contribution < -0.4 is 5.32 Å². The van der Waals surface area contributed by atoms with Crippen LogP contribution >= 0.6 is 0 Å². The number of hydrogen-bond donors (Lipinski definition) is 1. The summed E-state index contributed by atoms with van der Waals surface area (Å²) in [6.07, 6.45) is 0. The number of imidazole rings is 1. The molecule has 0 bridgehead atoms. The highest BCUT2D eigenvalue weighted by atomic mass is 15.2. The van der Waals surface area contributed by atoms with E-state index in [0.717, 1.165) is 38.2 Å². The van der Waals surface area contributed by atoms with E-state index in [1.807, 2.05) is 0 Å². The molecule has 0 amide bonds. The van der Waals surface area contributed by atoms with E-state index in [1.54, 1.807) is 0 Å². The molecule has 4 heteroatoms. The summed E-state index contributed by atoms with van der Waals surface area (Å²) in [5.41, 5.74) is 5.01. The van der Waals surface area contributed by atoms with Gasteiger partial charge in [0.25, 0.3) is 0 Å². The van der Waals surface area contributed by atoms with Crippen LogP contribution in [0, 0.1) is 13.8 Å². The average Bonchev–Trinajstić information content (AvgIpc) is 2.67. The first-order valence-electron chi connectivity index (χ1n) is 7.01. The molecule has 0 unspecified atom stereocenters. The fourth-order valence-electron chi connectivity index (χ4n) is 3.01. The highest BCUT2D eigenvalue weighted by Gasteiger charge is 2.15. The van der Waals surface area contributed by atoms with Crippen LogP contribution in [0.25, 0.3) is 11.0 Å². The van der Waals surface area contributed by atoms with E-state index in [-0.39, 0.29) is 0 Å². The second-order valence-electron chi connectivity index (χ2n) is 5.56. The Labute approximate surface area is 114 Å². The van der Waals surface area contributed by atoms with Crippen LogP contribution in [0.3, 0.4) is 0 Å². The molecule has 1 N–H and O–H groups in total.